The molecule has 2 unspecified atom stereocenters. The number of halogens is 1. The lowest BCUT2D eigenvalue weighted by atomic mass is 9.79. The summed E-state index contributed by atoms with van der Waals surface area (Å²) in [6.45, 7) is 9.61. The first-order chi connectivity index (χ1) is 24.3. The molecule has 0 fully saturated rings. The predicted octanol–water partition coefficient (Wildman–Crippen LogP) is 13.2. The molecule has 0 bridgehead atoms. The highest BCUT2D eigenvalue weighted by Gasteiger charge is 2.39. The molecule has 4 aromatic carbocycles. The van der Waals surface area contributed by atoms with Crippen LogP contribution in [-0.2, 0) is 5.41 Å². The molecular formula is C47H45IN2. The number of para-hydroxylation sites is 2. The van der Waals surface area contributed by atoms with Crippen molar-refractivity contribution in [1.29, 1.82) is 0 Å². The molecule has 3 heteroatoms. The summed E-state index contributed by atoms with van der Waals surface area (Å²) in [6, 6.07) is 36.9. The molecule has 9 rings (SSSR count). The maximum Gasteiger partial charge on any atom is 0.0538 e. The fourth-order valence-electron chi connectivity index (χ4n) is 9.41. The minimum absolute atomic E-state index is 0.00890. The SMILES string of the molecule is C[C@@H]1C=CC2=C(C1)c1ccc(N(c3ccccc3)C3CCC(c4ccc5c(c4)c4c(n5-c5ccccc5)C=CCC4I)=C[C@H]3C)cc1C2(C)C. The van der Waals surface area contributed by atoms with Crippen LogP contribution in [-0.4, -0.2) is 10.6 Å². The molecular weight excluding hydrogens is 719 g/mol. The number of rotatable bonds is 5. The summed E-state index contributed by atoms with van der Waals surface area (Å²) in [6.07, 6.45) is 16.5. The normalized spacial score (nSPS) is 23.4. The van der Waals surface area contributed by atoms with Gasteiger partial charge in [-0.2, -0.15) is 0 Å². The average molecular weight is 765 g/mol. The molecule has 0 amide bonds. The molecule has 0 aliphatic heterocycles. The number of benzene rings is 4. The van der Waals surface area contributed by atoms with Gasteiger partial charge < -0.3 is 9.47 Å². The fourth-order valence-corrected chi connectivity index (χ4v) is 10.4. The predicted molar refractivity (Wildman–Crippen MR) is 222 cm³/mol. The van der Waals surface area contributed by atoms with Crippen molar-refractivity contribution >= 4 is 62.1 Å². The lowest BCUT2D eigenvalue weighted by Gasteiger charge is -2.40. The Balaban J connectivity index is 1.09. The van der Waals surface area contributed by atoms with E-state index in [1.165, 1.54) is 67.1 Å². The third-order valence-electron chi connectivity index (χ3n) is 11.9. The molecule has 250 valence electrons. The number of hydrogen-bond donors (Lipinski definition) is 0. The monoisotopic (exact) mass is 764 g/mol. The quantitative estimate of drug-likeness (QED) is 0.128. The van der Waals surface area contributed by atoms with Crippen molar-refractivity contribution in [2.45, 2.75) is 68.8 Å². The van der Waals surface area contributed by atoms with Crippen molar-refractivity contribution < 1.29 is 0 Å². The Hall–Kier alpha value is -4.09. The van der Waals surface area contributed by atoms with E-state index in [0.29, 0.717) is 21.8 Å². The van der Waals surface area contributed by atoms with E-state index in [1.807, 2.05) is 0 Å². The molecule has 4 aliphatic carbocycles. The molecule has 1 heterocycles. The number of aromatic nitrogens is 1. The van der Waals surface area contributed by atoms with Crippen LogP contribution in [0.5, 0.6) is 0 Å². The van der Waals surface area contributed by atoms with Crippen LogP contribution in [0, 0.1) is 11.8 Å². The second kappa shape index (κ2) is 12.3. The number of fused-ring (bicyclic) bond motifs is 5. The van der Waals surface area contributed by atoms with Crippen LogP contribution in [0.25, 0.3) is 33.8 Å². The molecule has 0 radical (unpaired) electrons. The third-order valence-corrected chi connectivity index (χ3v) is 13.0. The molecule has 0 saturated carbocycles. The van der Waals surface area contributed by atoms with Gasteiger partial charge in [-0.25, -0.2) is 0 Å². The van der Waals surface area contributed by atoms with Crippen molar-refractivity contribution in [2.75, 3.05) is 4.90 Å². The van der Waals surface area contributed by atoms with Crippen LogP contribution in [0.4, 0.5) is 11.4 Å². The van der Waals surface area contributed by atoms with Crippen molar-refractivity contribution in [2.24, 2.45) is 11.8 Å². The largest absolute Gasteiger partial charge is 0.338 e. The zero-order chi connectivity index (χ0) is 34.1. The second-order valence-corrected chi connectivity index (χ2v) is 17.0. The molecule has 0 N–H and O–H groups in total. The first-order valence-corrected chi connectivity index (χ1v) is 19.7. The lowest BCUT2D eigenvalue weighted by molar-refractivity contribution is 0.484. The van der Waals surface area contributed by atoms with Gasteiger partial charge >= 0.3 is 0 Å². The van der Waals surface area contributed by atoms with E-state index in [1.54, 1.807) is 5.57 Å². The number of nitrogens with zero attached hydrogens (tertiary/aromatic N) is 2. The van der Waals surface area contributed by atoms with Crippen molar-refractivity contribution in [3.63, 3.8) is 0 Å². The maximum atomic E-state index is 2.65. The van der Waals surface area contributed by atoms with Gasteiger partial charge in [-0.05, 0) is 131 Å². The van der Waals surface area contributed by atoms with Gasteiger partial charge in [0, 0.05) is 37.8 Å². The Kier molecular flexibility index (Phi) is 7.84. The first kappa shape index (κ1) is 31.9. The smallest absolute Gasteiger partial charge is 0.0538 e. The molecule has 2 nitrogen and oxygen atoms in total. The van der Waals surface area contributed by atoms with Crippen LogP contribution in [0.1, 0.15) is 85.3 Å². The van der Waals surface area contributed by atoms with Crippen LogP contribution in [0.15, 0.2) is 127 Å². The topological polar surface area (TPSA) is 8.17 Å². The van der Waals surface area contributed by atoms with Gasteiger partial charge in [0.1, 0.15) is 0 Å². The summed E-state index contributed by atoms with van der Waals surface area (Å²) < 4.78 is 2.93. The van der Waals surface area contributed by atoms with E-state index >= 15 is 0 Å². The van der Waals surface area contributed by atoms with E-state index in [9.17, 15) is 0 Å². The molecule has 0 spiro atoms. The Morgan fingerprint density at radius 2 is 1.62 bits per heavy atom. The summed E-state index contributed by atoms with van der Waals surface area (Å²) in [5, 5.41) is 1.40. The van der Waals surface area contributed by atoms with E-state index in [2.05, 4.69) is 187 Å². The molecule has 50 heavy (non-hydrogen) atoms. The fraction of sp³-hybridized carbons (Fsp3) is 0.277. The summed E-state index contributed by atoms with van der Waals surface area (Å²) in [5.41, 5.74) is 16.8. The minimum atomic E-state index is 0.00890. The van der Waals surface area contributed by atoms with E-state index in [4.69, 9.17) is 0 Å². The van der Waals surface area contributed by atoms with Gasteiger partial charge in [0.05, 0.1) is 11.2 Å². The number of alkyl halides is 1. The Morgan fingerprint density at radius 3 is 2.40 bits per heavy atom. The Bertz CT molecular complexity index is 2250. The molecule has 4 aliphatic rings. The van der Waals surface area contributed by atoms with Gasteiger partial charge in [0.15, 0.2) is 0 Å². The Labute approximate surface area is 311 Å². The van der Waals surface area contributed by atoms with Crippen molar-refractivity contribution in [3.05, 3.63) is 155 Å². The van der Waals surface area contributed by atoms with Gasteiger partial charge in [-0.1, -0.05) is 123 Å². The number of allylic oxidation sites excluding steroid dienone is 6. The Morgan fingerprint density at radius 1 is 0.840 bits per heavy atom. The summed E-state index contributed by atoms with van der Waals surface area (Å²) in [5.74, 6) is 0.976. The standard InChI is InChI=1S/C47H45IN2/c1-30-18-23-40-38(26-30)37-22-21-36(29-41(37)47(40,3)4)49(34-12-7-5-8-13-34)43-24-19-32(27-31(43)2)33-20-25-44-39(28-33)46-42(48)16-11-17-45(46)50(44)35-14-9-6-10-15-35/h5-15,17-18,20-23,25,27-31,42-43H,16,19,24,26H2,1-4H3/t30-,31-,42?,43?/m1/s1. The highest BCUT2D eigenvalue weighted by atomic mass is 127. The number of hydrogen-bond acceptors (Lipinski definition) is 1. The van der Waals surface area contributed by atoms with Gasteiger partial charge in [-0.3, -0.25) is 0 Å². The number of anilines is 2. The lowest BCUT2D eigenvalue weighted by Crippen LogP contribution is -2.38. The average Bonchev–Trinajstić information content (AvgIpc) is 3.58. The van der Waals surface area contributed by atoms with E-state index in [-0.39, 0.29) is 5.41 Å². The van der Waals surface area contributed by atoms with E-state index in [0.717, 1.165) is 25.7 Å². The second-order valence-electron chi connectivity index (χ2n) is 15.5. The van der Waals surface area contributed by atoms with Gasteiger partial charge in [0.2, 0.25) is 0 Å². The van der Waals surface area contributed by atoms with Gasteiger partial charge in [0.25, 0.3) is 0 Å². The van der Waals surface area contributed by atoms with Gasteiger partial charge in [-0.15, -0.1) is 0 Å². The first-order valence-electron chi connectivity index (χ1n) is 18.5. The van der Waals surface area contributed by atoms with Crippen LogP contribution < -0.4 is 4.90 Å². The van der Waals surface area contributed by atoms with Crippen LogP contribution in [0.3, 0.4) is 0 Å². The van der Waals surface area contributed by atoms with Crippen LogP contribution in [0.2, 0.25) is 0 Å². The molecule has 1 aromatic heterocycles. The zero-order valence-electron chi connectivity index (χ0n) is 29.5. The summed E-state index contributed by atoms with van der Waals surface area (Å²) in [4.78, 5) is 2.65. The highest BCUT2D eigenvalue weighted by molar-refractivity contribution is 14.1. The third kappa shape index (κ3) is 5.10. The van der Waals surface area contributed by atoms with E-state index < -0.39 is 0 Å². The maximum absolute atomic E-state index is 2.65. The highest BCUT2D eigenvalue weighted by Crippen LogP contribution is 2.52. The zero-order valence-corrected chi connectivity index (χ0v) is 31.7. The summed E-state index contributed by atoms with van der Waals surface area (Å²) in [7, 11) is 0. The molecule has 4 atom stereocenters. The van der Waals surface area contributed by atoms with Crippen molar-refractivity contribution in [1.82, 2.24) is 4.57 Å². The van der Waals surface area contributed by atoms with Crippen molar-refractivity contribution in [3.8, 4) is 5.69 Å². The van der Waals surface area contributed by atoms with Crippen LogP contribution >= 0.6 is 22.6 Å². The molecule has 0 saturated heterocycles. The summed E-state index contributed by atoms with van der Waals surface area (Å²) >= 11 is 2.65. The molecule has 5 aromatic rings. The minimum Gasteiger partial charge on any atom is -0.338 e.